The van der Waals surface area contributed by atoms with Gasteiger partial charge in [-0.2, -0.15) is 0 Å². The molecule has 0 spiro atoms. The molecule has 10 rings (SSSR count). The van der Waals surface area contributed by atoms with E-state index in [1.165, 1.54) is 67.3 Å². The van der Waals surface area contributed by atoms with Crippen molar-refractivity contribution in [3.63, 3.8) is 0 Å². The zero-order chi connectivity index (χ0) is 67.2. The van der Waals surface area contributed by atoms with Crippen LogP contribution < -0.4 is 16.0 Å². The largest absolute Gasteiger partial charge is 0.394 e. The number of carbonyl (C=O) groups excluding carboxylic acids is 4. The summed E-state index contributed by atoms with van der Waals surface area (Å²) in [6, 6.07) is 7.35. The molecule has 4 aromatic rings. The van der Waals surface area contributed by atoms with Crippen molar-refractivity contribution in [2.24, 2.45) is 17.8 Å². The molecular weight excluding hydrogens is 1240 g/mol. The van der Waals surface area contributed by atoms with Gasteiger partial charge in [-0.05, 0) is 75.6 Å². The third-order valence-corrected chi connectivity index (χ3v) is 18.8. The van der Waals surface area contributed by atoms with Crippen LogP contribution in [0.15, 0.2) is 60.9 Å². The van der Waals surface area contributed by atoms with E-state index >= 15 is 0 Å². The van der Waals surface area contributed by atoms with Crippen molar-refractivity contribution in [3.05, 3.63) is 72.6 Å². The summed E-state index contributed by atoms with van der Waals surface area (Å²) in [4.78, 5) is 57.3. The maximum atomic E-state index is 14.5. The van der Waals surface area contributed by atoms with Gasteiger partial charge in [0.05, 0.1) is 56.1 Å². The third kappa shape index (κ3) is 15.8. The second-order valence-corrected chi connectivity index (χ2v) is 25.2. The number of carbonyl (C=O) groups is 4. The number of aliphatic hydroxyl groups is 9. The van der Waals surface area contributed by atoms with Crippen molar-refractivity contribution in [2.45, 2.75) is 208 Å². The maximum absolute atomic E-state index is 14.5. The monoisotopic (exact) mass is 1330 g/mol. The number of hydrogen-bond acceptors (Lipinski definition) is 24. The number of aromatic nitrogens is 6. The number of hydrogen-bond donors (Lipinski definition) is 12. The van der Waals surface area contributed by atoms with E-state index in [4.69, 9.17) is 33.2 Å². The molecule has 15 unspecified atom stereocenters. The Balaban J connectivity index is 0.854. The lowest BCUT2D eigenvalue weighted by Gasteiger charge is -2.49. The molecule has 2 aromatic carbocycles. The lowest BCUT2D eigenvalue weighted by Crippen LogP contribution is -2.67. The van der Waals surface area contributed by atoms with Crippen molar-refractivity contribution in [1.82, 2.24) is 50.8 Å². The Hall–Kier alpha value is -6.18. The van der Waals surface area contributed by atoms with Gasteiger partial charge in [0, 0.05) is 56.1 Å². The van der Waals surface area contributed by atoms with Gasteiger partial charge in [-0.3, -0.25) is 19.2 Å². The SMILES string of the molecule is CCC[C@H](OC1C(NC(C)=O)[C@H](O[C@@H]2CC(C(=O)NCCNC(=O)C3CC(n4cc(-c5cccc(F)c5)nn4)C(O)[C@H](O[C@@H]4OC(CO)[C@H](O)C(n5cc(-c6cccc(F)c6)nn5)C4O)C3)CC(CC)C2O[C@@H]2OC(C)[C@@H](O)C(O)C2O)OC(CO)[C@@H]1O)C(=O)N1CCC1. The molecule has 24 atom stereocenters. The predicted octanol–water partition coefficient (Wildman–Crippen LogP) is -1.51. The first-order chi connectivity index (χ1) is 45.1. The van der Waals surface area contributed by atoms with E-state index < -0.39 is 189 Å². The van der Waals surface area contributed by atoms with Gasteiger partial charge in [-0.15, -0.1) is 10.2 Å². The van der Waals surface area contributed by atoms with E-state index in [0.717, 1.165) is 11.1 Å². The number of nitrogens with zero attached hydrogens (tertiary/aromatic N) is 7. The molecule has 4 aliphatic heterocycles. The van der Waals surface area contributed by atoms with Crippen LogP contribution in [0.1, 0.15) is 91.1 Å². The van der Waals surface area contributed by atoms with Crippen LogP contribution in [0.4, 0.5) is 8.78 Å². The topological polar surface area (TPSA) is 416 Å². The molecule has 6 heterocycles. The third-order valence-electron chi connectivity index (χ3n) is 18.8. The number of benzene rings is 2. The van der Waals surface area contributed by atoms with Gasteiger partial charge in [0.15, 0.2) is 18.9 Å². The van der Waals surface area contributed by atoms with Gasteiger partial charge in [0.1, 0.15) is 102 Å². The second kappa shape index (κ2) is 31.3. The van der Waals surface area contributed by atoms with Crippen molar-refractivity contribution < 1.29 is 107 Å². The highest BCUT2D eigenvalue weighted by Gasteiger charge is 2.54. The first kappa shape index (κ1) is 70.6. The summed E-state index contributed by atoms with van der Waals surface area (Å²) < 4.78 is 75.1. The van der Waals surface area contributed by atoms with E-state index in [9.17, 15) is 73.9 Å². The summed E-state index contributed by atoms with van der Waals surface area (Å²) in [5.74, 6) is -5.42. The molecule has 30 nitrogen and oxygen atoms in total. The Kier molecular flexibility index (Phi) is 23.6. The zero-order valence-electron chi connectivity index (χ0n) is 52.4. The van der Waals surface area contributed by atoms with Crippen molar-refractivity contribution in [2.75, 3.05) is 39.4 Å². The van der Waals surface area contributed by atoms with Gasteiger partial charge in [-0.1, -0.05) is 61.4 Å². The van der Waals surface area contributed by atoms with Gasteiger partial charge in [0.25, 0.3) is 5.91 Å². The quantitative estimate of drug-likeness (QED) is 0.0355. The average molecular weight is 1330 g/mol. The molecule has 12 N–H and O–H groups in total. The van der Waals surface area contributed by atoms with Crippen LogP contribution in [0.5, 0.6) is 0 Å². The van der Waals surface area contributed by atoms with Gasteiger partial charge < -0.3 is 100.0 Å². The Labute approximate surface area is 539 Å². The van der Waals surface area contributed by atoms with E-state index in [0.29, 0.717) is 37.1 Å². The smallest absolute Gasteiger partial charge is 0.251 e. The number of likely N-dealkylation sites (tertiary alicyclic amines) is 1. The summed E-state index contributed by atoms with van der Waals surface area (Å²) in [6.07, 6.45) is -21.3. The minimum atomic E-state index is -1.75. The van der Waals surface area contributed by atoms with Gasteiger partial charge >= 0.3 is 0 Å². The molecule has 4 amide bonds. The molecular formula is C62H86F2N10O20. The minimum absolute atomic E-state index is 0.0669. The van der Waals surface area contributed by atoms with Crippen LogP contribution in [0, 0.1) is 29.4 Å². The number of amides is 4. The highest BCUT2D eigenvalue weighted by atomic mass is 19.1. The number of aliphatic hydroxyl groups excluding tert-OH is 9. The molecule has 2 saturated carbocycles. The van der Waals surface area contributed by atoms with Crippen molar-refractivity contribution >= 4 is 23.6 Å². The maximum Gasteiger partial charge on any atom is 0.251 e. The molecule has 6 fully saturated rings. The molecule has 4 saturated heterocycles. The number of rotatable bonds is 24. The van der Waals surface area contributed by atoms with E-state index in [2.05, 4.69) is 36.6 Å². The molecule has 0 radical (unpaired) electrons. The number of ether oxygens (including phenoxy) is 7. The van der Waals surface area contributed by atoms with Gasteiger partial charge in [0.2, 0.25) is 17.7 Å². The fourth-order valence-electron chi connectivity index (χ4n) is 13.4. The summed E-state index contributed by atoms with van der Waals surface area (Å²) in [5, 5.41) is 126. The summed E-state index contributed by atoms with van der Waals surface area (Å²) in [7, 11) is 0. The van der Waals surface area contributed by atoms with Crippen LogP contribution in [-0.4, -0.2) is 260 Å². The fourth-order valence-corrected chi connectivity index (χ4v) is 13.4. The highest BCUT2D eigenvalue weighted by Crippen LogP contribution is 2.42. The zero-order valence-corrected chi connectivity index (χ0v) is 52.4. The van der Waals surface area contributed by atoms with E-state index in [1.807, 2.05) is 13.8 Å². The van der Waals surface area contributed by atoms with E-state index in [1.54, 1.807) is 17.0 Å². The Morgan fingerprint density at radius 1 is 0.660 bits per heavy atom. The standard InChI is InChI=1S/C62H86F2N10O20/c1-5-10-41(59(87)72-17-9-18-72)89-56-46(67-30(4)77)60(92-45(28-76)51(56)81)91-43-24-34(19-31(6-2)55(43)94-62-54(84)53(83)48(78)29(3)88-62)57(85)65-15-16-66-58(86)35-22-40(73-25-38(68-70-73)32-11-7-13-36(63)20-32)49(79)42(23-35)90-61-52(82)47(50(80)44(27-75)93-61)74-26-39(69-71-74)33-12-8-14-37(64)21-33/h7-8,11-14,20-21,25-26,29,31,34-35,40-56,60-62,75-76,78-84H,5-6,9-10,15-19,22-24,27-28H2,1-4H3,(H,65,85)(H,66,86)(H,67,77)/t29?,31?,34?,35?,40?,41-,42+,43+,44?,45?,46?,47?,48+,49?,50-,51-,52?,53?,54?,55?,56?,60+,61+,62-/m0/s1. The summed E-state index contributed by atoms with van der Waals surface area (Å²) in [6.45, 7) is 5.65. The second-order valence-electron chi connectivity index (χ2n) is 25.2. The summed E-state index contributed by atoms with van der Waals surface area (Å²) >= 11 is 0. The normalized spacial score (nSPS) is 35.6. The van der Waals surface area contributed by atoms with E-state index in [-0.39, 0.29) is 62.5 Å². The molecule has 518 valence electrons. The van der Waals surface area contributed by atoms with Crippen LogP contribution in [0.2, 0.25) is 0 Å². The first-order valence-corrected chi connectivity index (χ1v) is 32.1. The van der Waals surface area contributed by atoms with Crippen molar-refractivity contribution in [3.8, 4) is 22.5 Å². The highest BCUT2D eigenvalue weighted by molar-refractivity contribution is 5.82. The molecule has 2 aromatic heterocycles. The molecule has 32 heteroatoms. The van der Waals surface area contributed by atoms with Crippen LogP contribution in [0.3, 0.4) is 0 Å². The van der Waals surface area contributed by atoms with Crippen molar-refractivity contribution in [1.29, 1.82) is 0 Å². The first-order valence-electron chi connectivity index (χ1n) is 32.1. The lowest BCUT2D eigenvalue weighted by atomic mass is 9.75. The molecule has 6 aliphatic rings. The lowest BCUT2D eigenvalue weighted by molar-refractivity contribution is -0.338. The summed E-state index contributed by atoms with van der Waals surface area (Å²) in [5.41, 5.74) is 1.14. The number of nitrogens with one attached hydrogen (secondary N) is 3. The van der Waals surface area contributed by atoms with Gasteiger partial charge in [-0.25, -0.2) is 18.1 Å². The average Bonchev–Trinajstić information content (AvgIpc) is 1.11. The van der Waals surface area contributed by atoms with Crippen LogP contribution in [0.25, 0.3) is 22.5 Å². The van der Waals surface area contributed by atoms with Crippen LogP contribution >= 0.6 is 0 Å². The molecule has 2 aliphatic carbocycles. The Morgan fingerprint density at radius 2 is 1.23 bits per heavy atom. The number of halogens is 2. The molecule has 94 heavy (non-hydrogen) atoms. The van der Waals surface area contributed by atoms with Crippen LogP contribution in [-0.2, 0) is 52.3 Å². The fraction of sp³-hybridized carbons (Fsp3) is 0.677. The molecule has 0 bridgehead atoms. The Bertz CT molecular complexity index is 3190. The predicted molar refractivity (Wildman–Crippen MR) is 319 cm³/mol. The minimum Gasteiger partial charge on any atom is -0.394 e. The Morgan fingerprint density at radius 3 is 1.82 bits per heavy atom.